The van der Waals surface area contributed by atoms with Gasteiger partial charge in [0, 0.05) is 14.6 Å². The molecular weight excluding hydrogens is 412 g/mol. The van der Waals surface area contributed by atoms with Crippen molar-refractivity contribution in [3.05, 3.63) is 21.1 Å². The number of sulfonamides is 1. The largest absolute Gasteiger partial charge is 0.399 e. The number of nitrogens with one attached hydrogen (secondary N) is 1. The summed E-state index contributed by atoms with van der Waals surface area (Å²) in [5, 5.41) is 0. The summed E-state index contributed by atoms with van der Waals surface area (Å²) < 4.78 is 34.4. The summed E-state index contributed by atoms with van der Waals surface area (Å²) in [5.74, 6) is 0. The number of ether oxygens (including phenoxy) is 1. The van der Waals surface area contributed by atoms with Crippen LogP contribution in [0, 0.1) is 0 Å². The number of nitrogens with two attached hydrogens (primary N) is 1. The molecular formula is C12H14Br2N2O3S. The quantitative estimate of drug-likeness (QED) is 0.728. The van der Waals surface area contributed by atoms with Gasteiger partial charge in [0.15, 0.2) is 0 Å². The molecule has 8 heteroatoms. The van der Waals surface area contributed by atoms with E-state index in [2.05, 4.69) is 36.6 Å². The fourth-order valence-electron chi connectivity index (χ4n) is 2.86. The molecule has 0 saturated carbocycles. The van der Waals surface area contributed by atoms with Gasteiger partial charge in [-0.05, 0) is 63.3 Å². The van der Waals surface area contributed by atoms with Gasteiger partial charge in [-0.25, -0.2) is 13.1 Å². The van der Waals surface area contributed by atoms with Crippen LogP contribution in [0.15, 0.2) is 26.0 Å². The lowest BCUT2D eigenvalue weighted by molar-refractivity contribution is 0.0996. The highest BCUT2D eigenvalue weighted by molar-refractivity contribution is 9.11. The molecule has 1 aromatic carbocycles. The van der Waals surface area contributed by atoms with Crippen LogP contribution in [0.5, 0.6) is 0 Å². The fourth-order valence-corrected chi connectivity index (χ4v) is 6.75. The molecule has 0 aromatic heterocycles. The van der Waals surface area contributed by atoms with Crippen molar-refractivity contribution in [1.82, 2.24) is 4.72 Å². The summed E-state index contributed by atoms with van der Waals surface area (Å²) in [4.78, 5) is 0.175. The Labute approximate surface area is 134 Å². The van der Waals surface area contributed by atoms with Crippen molar-refractivity contribution in [3.63, 3.8) is 0 Å². The molecule has 2 fully saturated rings. The van der Waals surface area contributed by atoms with Crippen LogP contribution in [0.4, 0.5) is 5.69 Å². The molecule has 2 aliphatic rings. The van der Waals surface area contributed by atoms with E-state index in [9.17, 15) is 8.42 Å². The highest BCUT2D eigenvalue weighted by atomic mass is 79.9. The van der Waals surface area contributed by atoms with E-state index in [1.807, 2.05) is 0 Å². The van der Waals surface area contributed by atoms with Gasteiger partial charge in [0.25, 0.3) is 0 Å². The summed E-state index contributed by atoms with van der Waals surface area (Å²) in [6, 6.07) is 3.02. The molecule has 2 aliphatic heterocycles. The van der Waals surface area contributed by atoms with E-state index in [1.165, 1.54) is 0 Å². The first-order valence-corrected chi connectivity index (χ1v) is 9.36. The van der Waals surface area contributed by atoms with E-state index in [1.54, 1.807) is 12.1 Å². The normalized spacial score (nSPS) is 29.0. The number of hydrogen-bond donors (Lipinski definition) is 2. The Bertz CT molecular complexity index is 627. The highest BCUT2D eigenvalue weighted by Gasteiger charge is 2.43. The minimum Gasteiger partial charge on any atom is -0.399 e. The second-order valence-corrected chi connectivity index (χ2v) is 8.51. The van der Waals surface area contributed by atoms with E-state index >= 15 is 0 Å². The molecule has 0 radical (unpaired) electrons. The lowest BCUT2D eigenvalue weighted by Crippen LogP contribution is -2.41. The van der Waals surface area contributed by atoms with Gasteiger partial charge >= 0.3 is 0 Å². The van der Waals surface area contributed by atoms with Crippen molar-refractivity contribution in [2.75, 3.05) is 5.73 Å². The van der Waals surface area contributed by atoms with E-state index in [0.717, 1.165) is 19.3 Å². The first-order chi connectivity index (χ1) is 9.37. The van der Waals surface area contributed by atoms with Gasteiger partial charge in [0.05, 0.1) is 18.2 Å². The predicted molar refractivity (Wildman–Crippen MR) is 82.9 cm³/mol. The molecule has 0 spiro atoms. The molecule has 2 heterocycles. The second kappa shape index (κ2) is 5.24. The van der Waals surface area contributed by atoms with Gasteiger partial charge in [0.2, 0.25) is 10.0 Å². The average molecular weight is 426 g/mol. The molecule has 2 bridgehead atoms. The molecule has 0 amide bonds. The minimum atomic E-state index is -3.62. The van der Waals surface area contributed by atoms with Crippen molar-refractivity contribution in [2.45, 2.75) is 42.4 Å². The first kappa shape index (κ1) is 14.8. The van der Waals surface area contributed by atoms with Crippen LogP contribution in [0.1, 0.15) is 19.3 Å². The average Bonchev–Trinajstić information content (AvgIpc) is 2.87. The Kier molecular flexibility index (Phi) is 3.87. The lowest BCUT2D eigenvalue weighted by atomic mass is 9.96. The molecule has 1 aromatic rings. The fraction of sp³-hybridized carbons (Fsp3) is 0.500. The van der Waals surface area contributed by atoms with Gasteiger partial charge < -0.3 is 10.5 Å². The molecule has 3 atom stereocenters. The van der Waals surface area contributed by atoms with Crippen molar-refractivity contribution in [1.29, 1.82) is 0 Å². The maximum absolute atomic E-state index is 12.5. The summed E-state index contributed by atoms with van der Waals surface area (Å²) in [6.07, 6.45) is 2.89. The molecule has 20 heavy (non-hydrogen) atoms. The monoisotopic (exact) mass is 424 g/mol. The SMILES string of the molecule is Nc1cc(Br)c(S(=O)(=O)NC2CC3CCC2O3)c(Br)c1. The van der Waals surface area contributed by atoms with Gasteiger partial charge in [-0.15, -0.1) is 0 Å². The van der Waals surface area contributed by atoms with Crippen LogP contribution in [0.2, 0.25) is 0 Å². The van der Waals surface area contributed by atoms with Crippen LogP contribution in [0.25, 0.3) is 0 Å². The Balaban J connectivity index is 1.89. The maximum atomic E-state index is 12.5. The second-order valence-electron chi connectivity index (χ2n) is 5.15. The summed E-state index contributed by atoms with van der Waals surface area (Å²) >= 11 is 6.53. The molecule has 0 aliphatic carbocycles. The zero-order chi connectivity index (χ0) is 14.5. The van der Waals surface area contributed by atoms with E-state index in [4.69, 9.17) is 10.5 Å². The topological polar surface area (TPSA) is 81.4 Å². The van der Waals surface area contributed by atoms with Crippen molar-refractivity contribution >= 4 is 47.6 Å². The number of rotatable bonds is 3. The van der Waals surface area contributed by atoms with Gasteiger partial charge in [0.1, 0.15) is 4.90 Å². The van der Waals surface area contributed by atoms with Crippen LogP contribution in [-0.2, 0) is 14.8 Å². The zero-order valence-electron chi connectivity index (χ0n) is 10.5. The van der Waals surface area contributed by atoms with Crippen LogP contribution < -0.4 is 10.5 Å². The maximum Gasteiger partial charge on any atom is 0.243 e. The van der Waals surface area contributed by atoms with Gasteiger partial charge in [-0.3, -0.25) is 0 Å². The third-order valence-corrected chi connectivity index (χ3v) is 7.07. The Morgan fingerprint density at radius 2 is 1.90 bits per heavy atom. The number of halogens is 2. The van der Waals surface area contributed by atoms with Crippen LogP contribution >= 0.6 is 31.9 Å². The molecule has 110 valence electrons. The molecule has 3 unspecified atom stereocenters. The number of fused-ring (bicyclic) bond motifs is 2. The standard InChI is InChI=1S/C12H14Br2N2O3S/c13-8-3-6(15)4-9(14)12(8)20(17,18)16-10-5-7-1-2-11(10)19-7/h3-4,7,10-11,16H,1-2,5,15H2. The summed E-state index contributed by atoms with van der Waals surface area (Å²) in [5.41, 5.74) is 6.18. The molecule has 3 N–H and O–H groups in total. The Morgan fingerprint density at radius 1 is 1.25 bits per heavy atom. The minimum absolute atomic E-state index is 0.00103. The van der Waals surface area contributed by atoms with Crippen molar-refractivity contribution in [3.8, 4) is 0 Å². The smallest absolute Gasteiger partial charge is 0.243 e. The summed E-state index contributed by atoms with van der Waals surface area (Å²) in [6.45, 7) is 0. The zero-order valence-corrected chi connectivity index (χ0v) is 14.5. The van der Waals surface area contributed by atoms with Crippen LogP contribution in [0.3, 0.4) is 0 Å². The number of hydrogen-bond acceptors (Lipinski definition) is 4. The predicted octanol–water partition coefficient (Wildman–Crippen LogP) is 2.39. The van der Waals surface area contributed by atoms with E-state index in [-0.39, 0.29) is 23.1 Å². The van der Waals surface area contributed by atoms with Crippen molar-refractivity contribution in [2.24, 2.45) is 0 Å². The number of benzene rings is 1. The Hall–Kier alpha value is -0.150. The highest BCUT2D eigenvalue weighted by Crippen LogP contribution is 2.37. The van der Waals surface area contributed by atoms with Gasteiger partial charge in [-0.2, -0.15) is 0 Å². The molecule has 5 nitrogen and oxygen atoms in total. The first-order valence-electron chi connectivity index (χ1n) is 6.29. The van der Waals surface area contributed by atoms with E-state index < -0.39 is 10.0 Å². The molecule has 2 saturated heterocycles. The third-order valence-electron chi connectivity index (χ3n) is 3.70. The van der Waals surface area contributed by atoms with Crippen molar-refractivity contribution < 1.29 is 13.2 Å². The Morgan fingerprint density at radius 3 is 2.40 bits per heavy atom. The summed E-state index contributed by atoms with van der Waals surface area (Å²) in [7, 11) is -3.62. The van der Waals surface area contributed by atoms with Crippen LogP contribution in [-0.4, -0.2) is 26.7 Å². The number of nitrogen functional groups attached to an aromatic ring is 1. The third kappa shape index (κ3) is 2.64. The van der Waals surface area contributed by atoms with E-state index in [0.29, 0.717) is 14.6 Å². The molecule has 3 rings (SSSR count). The lowest BCUT2D eigenvalue weighted by Gasteiger charge is -2.21. The van der Waals surface area contributed by atoms with Gasteiger partial charge in [-0.1, -0.05) is 0 Å². The number of anilines is 1.